The first-order valence-corrected chi connectivity index (χ1v) is 5.00. The standard InChI is InChI=1S/C12H19NO/c1-5-7-9-13(8-6-2)11(3)10-12(4)14/h10H,5,7,9H2,1-4H3/b11-10-. The molecule has 0 atom stereocenters. The number of rotatable bonds is 5. The van der Waals surface area contributed by atoms with Crippen LogP contribution in [0.1, 0.15) is 40.5 Å². The van der Waals surface area contributed by atoms with E-state index in [1.54, 1.807) is 19.9 Å². The van der Waals surface area contributed by atoms with E-state index in [2.05, 4.69) is 18.9 Å². The first-order valence-electron chi connectivity index (χ1n) is 5.00. The molecule has 0 saturated heterocycles. The predicted molar refractivity (Wildman–Crippen MR) is 59.5 cm³/mol. The molecule has 0 unspecified atom stereocenters. The van der Waals surface area contributed by atoms with Gasteiger partial charge in [0.25, 0.3) is 0 Å². The van der Waals surface area contributed by atoms with Crippen LogP contribution in [0.5, 0.6) is 0 Å². The fourth-order valence-corrected chi connectivity index (χ4v) is 1.14. The molecule has 2 nitrogen and oxygen atoms in total. The van der Waals surface area contributed by atoms with Crippen LogP contribution in [0.25, 0.3) is 0 Å². The third-order valence-electron chi connectivity index (χ3n) is 1.82. The van der Waals surface area contributed by atoms with E-state index in [0.717, 1.165) is 25.1 Å². The van der Waals surface area contributed by atoms with Crippen LogP contribution in [0.15, 0.2) is 11.8 Å². The molecule has 0 N–H and O–H groups in total. The van der Waals surface area contributed by atoms with E-state index in [4.69, 9.17) is 0 Å². The average molecular weight is 193 g/mol. The summed E-state index contributed by atoms with van der Waals surface area (Å²) in [6.07, 6.45) is 3.85. The molecule has 78 valence electrons. The number of carbonyl (C=O) groups is 1. The summed E-state index contributed by atoms with van der Waals surface area (Å²) in [6, 6.07) is 2.99. The zero-order valence-corrected chi connectivity index (χ0v) is 9.55. The van der Waals surface area contributed by atoms with Gasteiger partial charge in [-0.15, -0.1) is 0 Å². The second kappa shape index (κ2) is 7.20. The second-order valence-corrected chi connectivity index (χ2v) is 3.26. The summed E-state index contributed by atoms with van der Waals surface area (Å²) in [6.45, 7) is 8.32. The van der Waals surface area contributed by atoms with Crippen molar-refractivity contribution in [2.75, 3.05) is 6.54 Å². The van der Waals surface area contributed by atoms with Gasteiger partial charge in [-0.1, -0.05) is 19.3 Å². The van der Waals surface area contributed by atoms with Crippen LogP contribution < -0.4 is 0 Å². The van der Waals surface area contributed by atoms with Gasteiger partial charge in [-0.25, -0.2) is 0 Å². The van der Waals surface area contributed by atoms with Crippen molar-refractivity contribution in [2.45, 2.75) is 40.5 Å². The lowest BCUT2D eigenvalue weighted by Gasteiger charge is -2.17. The molecule has 0 heterocycles. The molecule has 0 amide bonds. The third-order valence-corrected chi connectivity index (χ3v) is 1.82. The average Bonchev–Trinajstić information content (AvgIpc) is 2.10. The molecule has 0 aliphatic carbocycles. The maximum absolute atomic E-state index is 10.9. The molecule has 0 aromatic heterocycles. The number of allylic oxidation sites excluding steroid dienone is 2. The highest BCUT2D eigenvalue weighted by molar-refractivity contribution is 5.87. The van der Waals surface area contributed by atoms with Crippen molar-refractivity contribution in [2.24, 2.45) is 0 Å². The molecule has 0 aliphatic rings. The molecule has 0 spiro atoms. The van der Waals surface area contributed by atoms with E-state index in [1.807, 2.05) is 11.8 Å². The van der Waals surface area contributed by atoms with Gasteiger partial charge in [-0.2, -0.15) is 0 Å². The minimum absolute atomic E-state index is 0.0712. The van der Waals surface area contributed by atoms with E-state index in [1.165, 1.54) is 0 Å². The number of nitrogens with zero attached hydrogens (tertiary/aromatic N) is 1. The smallest absolute Gasteiger partial charge is 0.154 e. The van der Waals surface area contributed by atoms with Crippen LogP contribution in [-0.4, -0.2) is 17.2 Å². The van der Waals surface area contributed by atoms with Gasteiger partial charge < -0.3 is 4.90 Å². The molecule has 0 saturated carbocycles. The molecule has 0 radical (unpaired) electrons. The maximum atomic E-state index is 10.9. The van der Waals surface area contributed by atoms with E-state index in [0.29, 0.717) is 0 Å². The quantitative estimate of drug-likeness (QED) is 0.380. The van der Waals surface area contributed by atoms with Gasteiger partial charge in [0.1, 0.15) is 0 Å². The van der Waals surface area contributed by atoms with E-state index < -0.39 is 0 Å². The Bertz CT molecular complexity index is 268. The lowest BCUT2D eigenvalue weighted by atomic mass is 10.2. The van der Waals surface area contributed by atoms with Gasteiger partial charge in [-0.05, 0) is 27.2 Å². The second-order valence-electron chi connectivity index (χ2n) is 3.26. The van der Waals surface area contributed by atoms with Crippen LogP contribution in [0.4, 0.5) is 0 Å². The highest BCUT2D eigenvalue weighted by Crippen LogP contribution is 2.04. The highest BCUT2D eigenvalue weighted by Gasteiger charge is 2.01. The largest absolute Gasteiger partial charge is 0.306 e. The van der Waals surface area contributed by atoms with Crippen LogP contribution in [0, 0.1) is 12.0 Å². The Morgan fingerprint density at radius 3 is 2.50 bits per heavy atom. The number of ketones is 1. The van der Waals surface area contributed by atoms with E-state index >= 15 is 0 Å². The fraction of sp³-hybridized carbons (Fsp3) is 0.583. The summed E-state index contributed by atoms with van der Waals surface area (Å²) in [7, 11) is 0. The Morgan fingerprint density at radius 2 is 2.07 bits per heavy atom. The van der Waals surface area contributed by atoms with Crippen molar-refractivity contribution < 1.29 is 4.79 Å². The summed E-state index contributed by atoms with van der Waals surface area (Å²) in [5.74, 6) is 2.93. The fourth-order valence-electron chi connectivity index (χ4n) is 1.14. The molecule has 0 aromatic rings. The number of unbranched alkanes of at least 4 members (excludes halogenated alkanes) is 1. The molecule has 0 fully saturated rings. The number of hydrogen-bond donors (Lipinski definition) is 0. The molecular formula is C12H19NO. The molecule has 0 rings (SSSR count). The van der Waals surface area contributed by atoms with Gasteiger partial charge in [0.05, 0.1) is 0 Å². The molecule has 0 aromatic carbocycles. The molecule has 14 heavy (non-hydrogen) atoms. The monoisotopic (exact) mass is 193 g/mol. The SMILES string of the molecule is CC#CN(CCCC)/C(C)=C\C(C)=O. The first-order chi connectivity index (χ1) is 6.61. The zero-order valence-electron chi connectivity index (χ0n) is 9.55. The Hall–Kier alpha value is -1.23. The Morgan fingerprint density at radius 1 is 1.43 bits per heavy atom. The Kier molecular flexibility index (Phi) is 6.57. The third kappa shape index (κ3) is 5.42. The predicted octanol–water partition coefficient (Wildman–Crippen LogP) is 2.56. The van der Waals surface area contributed by atoms with E-state index in [9.17, 15) is 4.79 Å². The van der Waals surface area contributed by atoms with Gasteiger partial charge in [0.2, 0.25) is 0 Å². The first kappa shape index (κ1) is 12.8. The summed E-state index contributed by atoms with van der Waals surface area (Å²) in [5.41, 5.74) is 0.931. The normalized spacial score (nSPS) is 10.4. The van der Waals surface area contributed by atoms with Crippen molar-refractivity contribution in [3.05, 3.63) is 11.8 Å². The van der Waals surface area contributed by atoms with Crippen molar-refractivity contribution >= 4 is 5.78 Å². The number of carbonyl (C=O) groups excluding carboxylic acids is 1. The molecule has 0 bridgehead atoms. The Balaban J connectivity index is 4.45. The topological polar surface area (TPSA) is 20.3 Å². The highest BCUT2D eigenvalue weighted by atomic mass is 16.1. The van der Waals surface area contributed by atoms with Gasteiger partial charge >= 0.3 is 0 Å². The van der Waals surface area contributed by atoms with Crippen molar-refractivity contribution in [1.29, 1.82) is 0 Å². The van der Waals surface area contributed by atoms with Crippen LogP contribution in [0.2, 0.25) is 0 Å². The molecular weight excluding hydrogens is 174 g/mol. The Labute approximate surface area is 87.0 Å². The van der Waals surface area contributed by atoms with Crippen molar-refractivity contribution in [3.63, 3.8) is 0 Å². The summed E-state index contributed by atoms with van der Waals surface area (Å²) < 4.78 is 0. The number of hydrogen-bond acceptors (Lipinski definition) is 2. The summed E-state index contributed by atoms with van der Waals surface area (Å²) >= 11 is 0. The summed E-state index contributed by atoms with van der Waals surface area (Å²) in [5, 5.41) is 0. The maximum Gasteiger partial charge on any atom is 0.154 e. The van der Waals surface area contributed by atoms with Crippen LogP contribution in [-0.2, 0) is 4.79 Å². The van der Waals surface area contributed by atoms with Crippen molar-refractivity contribution in [1.82, 2.24) is 4.90 Å². The van der Waals surface area contributed by atoms with Gasteiger partial charge in [0, 0.05) is 24.4 Å². The summed E-state index contributed by atoms with van der Waals surface area (Å²) in [4.78, 5) is 12.8. The molecule has 2 heteroatoms. The zero-order chi connectivity index (χ0) is 11.0. The van der Waals surface area contributed by atoms with Crippen LogP contribution >= 0.6 is 0 Å². The van der Waals surface area contributed by atoms with Gasteiger partial charge in [0.15, 0.2) is 5.78 Å². The molecule has 0 aliphatic heterocycles. The van der Waals surface area contributed by atoms with E-state index in [-0.39, 0.29) is 5.78 Å². The lowest BCUT2D eigenvalue weighted by Crippen LogP contribution is -2.17. The lowest BCUT2D eigenvalue weighted by molar-refractivity contribution is -0.112. The minimum Gasteiger partial charge on any atom is -0.306 e. The van der Waals surface area contributed by atoms with Gasteiger partial charge in [-0.3, -0.25) is 4.79 Å². The minimum atomic E-state index is 0.0712. The van der Waals surface area contributed by atoms with Crippen molar-refractivity contribution in [3.8, 4) is 12.0 Å². The van der Waals surface area contributed by atoms with Crippen LogP contribution in [0.3, 0.4) is 0 Å².